The number of halogens is 2. The van der Waals surface area contributed by atoms with Gasteiger partial charge in [0, 0.05) is 16.1 Å². The highest BCUT2D eigenvalue weighted by atomic mass is 35.5. The molecule has 1 aliphatic carbocycles. The number of hydrogen-bond donors (Lipinski definition) is 1. The normalized spacial score (nSPS) is 15.0. The number of nitrogens with one attached hydrogen (secondary N) is 1. The van der Waals surface area contributed by atoms with E-state index < -0.39 is 0 Å². The summed E-state index contributed by atoms with van der Waals surface area (Å²) in [5.41, 5.74) is 0.769. The van der Waals surface area contributed by atoms with E-state index in [0.29, 0.717) is 22.6 Å². The van der Waals surface area contributed by atoms with Crippen molar-refractivity contribution in [3.05, 3.63) is 34.1 Å². The van der Waals surface area contributed by atoms with Crippen LogP contribution in [0.25, 0.3) is 5.69 Å². The summed E-state index contributed by atoms with van der Waals surface area (Å²) in [7, 11) is 0. The van der Waals surface area contributed by atoms with Crippen molar-refractivity contribution in [3.63, 3.8) is 0 Å². The van der Waals surface area contributed by atoms with Crippen molar-refractivity contribution in [2.75, 3.05) is 0 Å². The first-order chi connectivity index (χ1) is 8.72. The van der Waals surface area contributed by atoms with Crippen molar-refractivity contribution in [2.24, 2.45) is 0 Å². The van der Waals surface area contributed by atoms with Crippen LogP contribution in [-0.2, 0) is 6.54 Å². The van der Waals surface area contributed by atoms with Gasteiger partial charge in [-0.1, -0.05) is 23.2 Å². The van der Waals surface area contributed by atoms with Gasteiger partial charge >= 0.3 is 0 Å². The van der Waals surface area contributed by atoms with Gasteiger partial charge in [-0.2, -0.15) is 4.68 Å². The predicted molar refractivity (Wildman–Crippen MR) is 69.0 cm³/mol. The smallest absolute Gasteiger partial charge is 0.170 e. The molecule has 18 heavy (non-hydrogen) atoms. The molecule has 0 saturated heterocycles. The Balaban J connectivity index is 1.87. The van der Waals surface area contributed by atoms with Crippen LogP contribution in [0.1, 0.15) is 18.7 Å². The number of aromatic nitrogens is 4. The summed E-state index contributed by atoms with van der Waals surface area (Å²) in [6.45, 7) is 0.641. The van der Waals surface area contributed by atoms with Crippen molar-refractivity contribution < 1.29 is 0 Å². The molecule has 0 radical (unpaired) electrons. The molecule has 5 nitrogen and oxygen atoms in total. The van der Waals surface area contributed by atoms with E-state index in [1.54, 1.807) is 22.9 Å². The lowest BCUT2D eigenvalue weighted by Crippen LogP contribution is -2.18. The second-order valence-corrected chi connectivity index (χ2v) is 5.16. The predicted octanol–water partition coefficient (Wildman–Crippen LogP) is 2.22. The van der Waals surface area contributed by atoms with Gasteiger partial charge in [-0.25, -0.2) is 0 Å². The highest BCUT2D eigenvalue weighted by Crippen LogP contribution is 2.22. The summed E-state index contributed by atoms with van der Waals surface area (Å²) in [5.74, 6) is 0.750. The molecule has 0 atom stereocenters. The summed E-state index contributed by atoms with van der Waals surface area (Å²) in [5, 5.41) is 16.2. The third-order valence-corrected chi connectivity index (χ3v) is 3.19. The quantitative estimate of drug-likeness (QED) is 0.935. The largest absolute Gasteiger partial charge is 0.307 e. The topological polar surface area (TPSA) is 55.6 Å². The lowest BCUT2D eigenvalue weighted by Gasteiger charge is -2.06. The van der Waals surface area contributed by atoms with Gasteiger partial charge < -0.3 is 5.32 Å². The first-order valence-corrected chi connectivity index (χ1v) is 6.45. The maximum Gasteiger partial charge on any atom is 0.170 e. The molecule has 1 aromatic carbocycles. The molecule has 0 unspecified atom stereocenters. The molecule has 0 bridgehead atoms. The summed E-state index contributed by atoms with van der Waals surface area (Å²) >= 11 is 11.9. The average Bonchev–Trinajstić information content (AvgIpc) is 3.02. The Hall–Kier alpha value is -1.17. The second-order valence-electron chi connectivity index (χ2n) is 4.29. The molecule has 0 aliphatic heterocycles. The van der Waals surface area contributed by atoms with E-state index in [9.17, 15) is 0 Å². The molecule has 1 fully saturated rings. The maximum atomic E-state index is 5.97. The zero-order valence-corrected chi connectivity index (χ0v) is 11.0. The molecule has 1 aromatic heterocycles. The molecule has 3 rings (SSSR count). The second kappa shape index (κ2) is 4.84. The highest BCUT2D eigenvalue weighted by Gasteiger charge is 2.21. The number of rotatable bonds is 4. The zero-order valence-electron chi connectivity index (χ0n) is 9.48. The molecular formula is C11H11Cl2N5. The van der Waals surface area contributed by atoms with Gasteiger partial charge in [-0.05, 0) is 41.5 Å². The minimum Gasteiger partial charge on any atom is -0.307 e. The van der Waals surface area contributed by atoms with Crippen LogP contribution < -0.4 is 5.32 Å². The van der Waals surface area contributed by atoms with Crippen molar-refractivity contribution in [3.8, 4) is 5.69 Å². The monoisotopic (exact) mass is 283 g/mol. The lowest BCUT2D eigenvalue weighted by molar-refractivity contribution is 0.638. The standard InChI is InChI=1S/C11H11Cl2N5/c12-7-3-8(13)5-10(4-7)18-11(15-16-17-18)6-14-9-1-2-9/h3-5,9,14H,1-2,6H2. The third kappa shape index (κ3) is 2.63. The van der Waals surface area contributed by atoms with Crippen LogP contribution in [0.5, 0.6) is 0 Å². The zero-order chi connectivity index (χ0) is 12.5. The highest BCUT2D eigenvalue weighted by molar-refractivity contribution is 6.34. The Morgan fingerprint density at radius 1 is 1.22 bits per heavy atom. The van der Waals surface area contributed by atoms with Crippen LogP contribution in [0, 0.1) is 0 Å². The fourth-order valence-corrected chi connectivity index (χ4v) is 2.22. The van der Waals surface area contributed by atoms with E-state index in [-0.39, 0.29) is 0 Å². The molecular weight excluding hydrogens is 273 g/mol. The van der Waals surface area contributed by atoms with E-state index >= 15 is 0 Å². The molecule has 1 N–H and O–H groups in total. The SMILES string of the molecule is Clc1cc(Cl)cc(-n2nnnc2CNC2CC2)c1. The number of nitrogens with zero attached hydrogens (tertiary/aromatic N) is 4. The van der Waals surface area contributed by atoms with Crippen molar-refractivity contribution in [2.45, 2.75) is 25.4 Å². The first kappa shape index (κ1) is 11.9. The molecule has 7 heteroatoms. The number of tetrazole rings is 1. The first-order valence-electron chi connectivity index (χ1n) is 5.69. The Morgan fingerprint density at radius 2 is 1.94 bits per heavy atom. The molecule has 1 aliphatic rings. The Bertz CT molecular complexity index is 544. The molecule has 94 valence electrons. The van der Waals surface area contributed by atoms with Crippen LogP contribution in [0.4, 0.5) is 0 Å². The lowest BCUT2D eigenvalue weighted by atomic mass is 10.3. The Kier molecular flexibility index (Phi) is 3.20. The Morgan fingerprint density at radius 3 is 2.61 bits per heavy atom. The van der Waals surface area contributed by atoms with E-state index in [2.05, 4.69) is 20.8 Å². The minimum atomic E-state index is 0.564. The van der Waals surface area contributed by atoms with Gasteiger partial charge in [-0.3, -0.25) is 0 Å². The number of hydrogen-bond acceptors (Lipinski definition) is 4. The molecule has 1 saturated carbocycles. The molecule has 2 aromatic rings. The van der Waals surface area contributed by atoms with Gasteiger partial charge in [-0.15, -0.1) is 5.10 Å². The van der Waals surface area contributed by atoms with Crippen LogP contribution >= 0.6 is 23.2 Å². The summed E-state index contributed by atoms with van der Waals surface area (Å²) in [6, 6.07) is 5.85. The fraction of sp³-hybridized carbons (Fsp3) is 0.364. The van der Waals surface area contributed by atoms with E-state index in [0.717, 1.165) is 11.5 Å². The van der Waals surface area contributed by atoms with Gasteiger partial charge in [0.2, 0.25) is 0 Å². The molecule has 0 spiro atoms. The summed E-state index contributed by atoms with van der Waals surface area (Å²) in [6.07, 6.45) is 2.45. The third-order valence-electron chi connectivity index (χ3n) is 2.75. The maximum absolute atomic E-state index is 5.97. The summed E-state index contributed by atoms with van der Waals surface area (Å²) < 4.78 is 1.65. The molecule has 1 heterocycles. The summed E-state index contributed by atoms with van der Waals surface area (Å²) in [4.78, 5) is 0. The average molecular weight is 284 g/mol. The van der Waals surface area contributed by atoms with E-state index in [1.165, 1.54) is 12.8 Å². The van der Waals surface area contributed by atoms with Crippen LogP contribution in [0.15, 0.2) is 18.2 Å². The van der Waals surface area contributed by atoms with Crippen LogP contribution in [0.3, 0.4) is 0 Å². The number of benzene rings is 1. The van der Waals surface area contributed by atoms with Crippen LogP contribution in [0.2, 0.25) is 10.0 Å². The van der Waals surface area contributed by atoms with Crippen LogP contribution in [-0.4, -0.2) is 26.2 Å². The van der Waals surface area contributed by atoms with Gasteiger partial charge in [0.05, 0.1) is 12.2 Å². The van der Waals surface area contributed by atoms with E-state index in [4.69, 9.17) is 23.2 Å². The van der Waals surface area contributed by atoms with Gasteiger partial charge in [0.15, 0.2) is 5.82 Å². The van der Waals surface area contributed by atoms with E-state index in [1.807, 2.05) is 0 Å². The Labute approximate surface area is 114 Å². The van der Waals surface area contributed by atoms with Crippen molar-refractivity contribution in [1.29, 1.82) is 0 Å². The fourth-order valence-electron chi connectivity index (χ4n) is 1.70. The van der Waals surface area contributed by atoms with Crippen molar-refractivity contribution in [1.82, 2.24) is 25.5 Å². The van der Waals surface area contributed by atoms with Gasteiger partial charge in [0.25, 0.3) is 0 Å². The molecule has 0 amide bonds. The minimum absolute atomic E-state index is 0.564. The van der Waals surface area contributed by atoms with Gasteiger partial charge in [0.1, 0.15) is 0 Å². The van der Waals surface area contributed by atoms with Crippen molar-refractivity contribution >= 4 is 23.2 Å².